The molecule has 0 amide bonds. The molecule has 0 radical (unpaired) electrons. The highest BCUT2D eigenvalue weighted by Crippen LogP contribution is 2.29. The van der Waals surface area contributed by atoms with Crippen molar-refractivity contribution in [1.29, 1.82) is 0 Å². The molecule has 6 heteroatoms. The van der Waals surface area contributed by atoms with Crippen LogP contribution in [0.15, 0.2) is 35.0 Å². The summed E-state index contributed by atoms with van der Waals surface area (Å²) in [6.07, 6.45) is 0. The molecule has 0 saturated carbocycles. The molecule has 0 unspecified atom stereocenters. The van der Waals surface area contributed by atoms with Gasteiger partial charge in [-0.2, -0.15) is 11.3 Å². The first-order valence-electron chi connectivity index (χ1n) is 4.81. The van der Waals surface area contributed by atoms with E-state index in [0.29, 0.717) is 5.56 Å². The van der Waals surface area contributed by atoms with Gasteiger partial charge in [-0.05, 0) is 34.5 Å². The summed E-state index contributed by atoms with van der Waals surface area (Å²) in [5.74, 6) is -0.641. The average Bonchev–Trinajstić information content (AvgIpc) is 2.81. The first-order valence-corrected chi connectivity index (χ1v) is 5.75. The van der Waals surface area contributed by atoms with Gasteiger partial charge in [0.05, 0.1) is 22.6 Å². The van der Waals surface area contributed by atoms with Crippen LogP contribution >= 0.6 is 11.3 Å². The van der Waals surface area contributed by atoms with Crippen molar-refractivity contribution in [3.8, 4) is 0 Å². The molecule has 2 aromatic rings. The Morgan fingerprint density at radius 2 is 2.18 bits per heavy atom. The number of nitrogens with zero attached hydrogens (tertiary/aromatic N) is 1. The summed E-state index contributed by atoms with van der Waals surface area (Å²) >= 11 is 1.46. The van der Waals surface area contributed by atoms with E-state index in [9.17, 15) is 14.5 Å². The molecular weight excluding hydrogens is 243 g/mol. The highest BCUT2D eigenvalue weighted by molar-refractivity contribution is 7.08. The van der Waals surface area contributed by atoms with Gasteiger partial charge in [-0.15, -0.1) is 0 Å². The summed E-state index contributed by atoms with van der Waals surface area (Å²) in [5, 5.41) is 14.5. The van der Waals surface area contributed by atoms with E-state index in [2.05, 4.69) is 0 Å². The maximum absolute atomic E-state index is 13.0. The van der Waals surface area contributed by atoms with Gasteiger partial charge in [0.1, 0.15) is 5.82 Å². The van der Waals surface area contributed by atoms with Crippen LogP contribution < -0.4 is 5.73 Å². The molecule has 2 rings (SSSR count). The lowest BCUT2D eigenvalue weighted by atomic mass is 10.0. The second-order valence-electron chi connectivity index (χ2n) is 3.49. The lowest BCUT2D eigenvalue weighted by Crippen LogP contribution is -2.13. The molecule has 0 aliphatic rings. The molecule has 0 saturated heterocycles. The van der Waals surface area contributed by atoms with Crippen molar-refractivity contribution in [1.82, 2.24) is 0 Å². The lowest BCUT2D eigenvalue weighted by molar-refractivity contribution is -0.385. The number of nitrogens with two attached hydrogens (primary N) is 1. The summed E-state index contributed by atoms with van der Waals surface area (Å²) in [5.41, 5.74) is 6.74. The SMILES string of the molecule is N[C@@H](c1ccsc1)c1ccc(F)cc1[N+](=O)[O-]. The average molecular weight is 252 g/mol. The van der Waals surface area contributed by atoms with E-state index in [-0.39, 0.29) is 5.69 Å². The number of nitro benzene ring substituents is 1. The molecule has 0 aliphatic heterocycles. The molecule has 1 aromatic carbocycles. The van der Waals surface area contributed by atoms with E-state index >= 15 is 0 Å². The number of hydrogen-bond donors (Lipinski definition) is 1. The number of rotatable bonds is 3. The van der Waals surface area contributed by atoms with Crippen molar-refractivity contribution in [3.63, 3.8) is 0 Å². The Kier molecular flexibility index (Phi) is 3.16. The van der Waals surface area contributed by atoms with Gasteiger partial charge < -0.3 is 5.73 Å². The second-order valence-corrected chi connectivity index (χ2v) is 4.27. The van der Waals surface area contributed by atoms with Crippen molar-refractivity contribution in [2.45, 2.75) is 6.04 Å². The minimum Gasteiger partial charge on any atom is -0.320 e. The van der Waals surface area contributed by atoms with Crippen LogP contribution in [0.4, 0.5) is 10.1 Å². The Labute approximate surface area is 101 Å². The summed E-state index contributed by atoms with van der Waals surface area (Å²) < 4.78 is 13.0. The van der Waals surface area contributed by atoms with Gasteiger partial charge in [0.25, 0.3) is 5.69 Å². The predicted octanol–water partition coefficient (Wildman–Crippen LogP) is 2.84. The third kappa shape index (κ3) is 2.32. The third-order valence-electron chi connectivity index (χ3n) is 2.43. The third-order valence-corrected chi connectivity index (χ3v) is 3.13. The zero-order chi connectivity index (χ0) is 12.4. The molecule has 2 N–H and O–H groups in total. The zero-order valence-corrected chi connectivity index (χ0v) is 9.49. The molecule has 0 bridgehead atoms. The molecule has 17 heavy (non-hydrogen) atoms. The number of halogens is 1. The van der Waals surface area contributed by atoms with Crippen LogP contribution in [0, 0.1) is 15.9 Å². The molecular formula is C11H9FN2O2S. The van der Waals surface area contributed by atoms with Crippen LogP contribution in [0.25, 0.3) is 0 Å². The van der Waals surface area contributed by atoms with Crippen molar-refractivity contribution in [2.24, 2.45) is 5.73 Å². The molecule has 0 aliphatic carbocycles. The number of hydrogen-bond acceptors (Lipinski definition) is 4. The van der Waals surface area contributed by atoms with Gasteiger partial charge in [-0.25, -0.2) is 4.39 Å². The molecule has 1 heterocycles. The van der Waals surface area contributed by atoms with Gasteiger partial charge in [-0.3, -0.25) is 10.1 Å². The summed E-state index contributed by atoms with van der Waals surface area (Å²) in [6, 6.07) is 4.61. The van der Waals surface area contributed by atoms with Crippen molar-refractivity contribution < 1.29 is 9.31 Å². The first kappa shape index (κ1) is 11.7. The molecule has 88 valence electrons. The van der Waals surface area contributed by atoms with E-state index in [0.717, 1.165) is 11.6 Å². The summed E-state index contributed by atoms with van der Waals surface area (Å²) in [6.45, 7) is 0. The Hall–Kier alpha value is -1.79. The van der Waals surface area contributed by atoms with E-state index in [1.807, 2.05) is 10.8 Å². The summed E-state index contributed by atoms with van der Waals surface area (Å²) in [4.78, 5) is 10.2. The zero-order valence-electron chi connectivity index (χ0n) is 8.67. The molecule has 4 nitrogen and oxygen atoms in total. The summed E-state index contributed by atoms with van der Waals surface area (Å²) in [7, 11) is 0. The fourth-order valence-electron chi connectivity index (χ4n) is 1.57. The fraction of sp³-hybridized carbons (Fsp3) is 0.0909. The van der Waals surface area contributed by atoms with E-state index in [4.69, 9.17) is 5.73 Å². The van der Waals surface area contributed by atoms with Crippen LogP contribution in [-0.2, 0) is 0 Å². The smallest absolute Gasteiger partial charge is 0.277 e. The topological polar surface area (TPSA) is 69.2 Å². The van der Waals surface area contributed by atoms with Crippen molar-refractivity contribution in [3.05, 3.63) is 62.1 Å². The maximum atomic E-state index is 13.0. The molecule has 0 spiro atoms. The van der Waals surface area contributed by atoms with Gasteiger partial charge in [0.15, 0.2) is 0 Å². The van der Waals surface area contributed by atoms with E-state index in [1.54, 1.807) is 6.07 Å². The molecule has 1 atom stereocenters. The maximum Gasteiger partial charge on any atom is 0.277 e. The molecule has 0 fully saturated rings. The largest absolute Gasteiger partial charge is 0.320 e. The Balaban J connectivity index is 2.48. The standard InChI is InChI=1S/C11H9FN2O2S/c12-8-1-2-9(10(5-8)14(15)16)11(13)7-3-4-17-6-7/h1-6,11H,13H2/t11-/m0/s1. The fourth-order valence-corrected chi connectivity index (χ4v) is 2.27. The quantitative estimate of drug-likeness (QED) is 0.674. The van der Waals surface area contributed by atoms with Gasteiger partial charge in [0, 0.05) is 0 Å². The number of thiophene rings is 1. The minimum absolute atomic E-state index is 0.288. The van der Waals surface area contributed by atoms with E-state index in [1.165, 1.54) is 23.5 Å². The number of nitro groups is 1. The van der Waals surface area contributed by atoms with Crippen LogP contribution in [0.1, 0.15) is 17.2 Å². The second kappa shape index (κ2) is 4.60. The van der Waals surface area contributed by atoms with E-state index < -0.39 is 16.8 Å². The first-order chi connectivity index (χ1) is 8.09. The van der Waals surface area contributed by atoms with Gasteiger partial charge in [0.2, 0.25) is 0 Å². The van der Waals surface area contributed by atoms with Crippen LogP contribution in [0.5, 0.6) is 0 Å². The van der Waals surface area contributed by atoms with Gasteiger partial charge >= 0.3 is 0 Å². The normalized spacial score (nSPS) is 12.4. The highest BCUT2D eigenvalue weighted by Gasteiger charge is 2.21. The van der Waals surface area contributed by atoms with Crippen molar-refractivity contribution in [2.75, 3.05) is 0 Å². The Morgan fingerprint density at radius 3 is 2.76 bits per heavy atom. The Morgan fingerprint density at radius 1 is 1.41 bits per heavy atom. The monoisotopic (exact) mass is 252 g/mol. The van der Waals surface area contributed by atoms with Crippen LogP contribution in [0.3, 0.4) is 0 Å². The van der Waals surface area contributed by atoms with Crippen LogP contribution in [-0.4, -0.2) is 4.92 Å². The predicted molar refractivity (Wildman–Crippen MR) is 63.4 cm³/mol. The van der Waals surface area contributed by atoms with Crippen molar-refractivity contribution >= 4 is 17.0 Å². The number of benzene rings is 1. The minimum atomic E-state index is -0.641. The Bertz CT molecular complexity index is 542. The van der Waals surface area contributed by atoms with Crippen LogP contribution in [0.2, 0.25) is 0 Å². The lowest BCUT2D eigenvalue weighted by Gasteiger charge is -2.10. The molecule has 1 aromatic heterocycles. The highest BCUT2D eigenvalue weighted by atomic mass is 32.1. The van der Waals surface area contributed by atoms with Gasteiger partial charge in [-0.1, -0.05) is 0 Å².